The van der Waals surface area contributed by atoms with Crippen LogP contribution in [0.4, 0.5) is 0 Å². The average Bonchev–Trinajstić information content (AvgIpc) is 3.45. The Morgan fingerprint density at radius 1 is 0.500 bits per heavy atom. The minimum atomic E-state index is 0.310. The van der Waals surface area contributed by atoms with Gasteiger partial charge in [-0.15, -0.1) is 0 Å². The topological polar surface area (TPSA) is 25.1 Å². The second kappa shape index (κ2) is 2.62. The van der Waals surface area contributed by atoms with Gasteiger partial charge in [-0.25, -0.2) is 0 Å². The minimum absolute atomic E-state index is 0.310. The monoisotopic (exact) mass is 282 g/mol. The van der Waals surface area contributed by atoms with E-state index in [0.29, 0.717) is 24.4 Å². The molecule has 0 saturated carbocycles. The maximum Gasteiger partial charge on any atom is 0.114 e. The van der Waals surface area contributed by atoms with Gasteiger partial charge in [0.2, 0.25) is 0 Å². The highest BCUT2D eigenvalue weighted by atomic mass is 16.6. The number of epoxide rings is 2. The zero-order chi connectivity index (χ0) is 13.7. The molecule has 0 aromatic heterocycles. The molecule has 2 aliphatic heterocycles. The van der Waals surface area contributed by atoms with Crippen molar-refractivity contribution in [3.8, 4) is 0 Å². The van der Waals surface area contributed by atoms with E-state index in [1.165, 1.54) is 54.6 Å². The molecule has 22 heavy (non-hydrogen) atoms. The second-order valence-electron chi connectivity index (χ2n) is 7.14. The highest BCUT2D eigenvalue weighted by Gasteiger charge is 2.52. The van der Waals surface area contributed by atoms with Crippen LogP contribution in [0, 0.1) is 0 Å². The van der Waals surface area contributed by atoms with E-state index in [-0.39, 0.29) is 0 Å². The summed E-state index contributed by atoms with van der Waals surface area (Å²) in [6.07, 6.45) is 1.25. The van der Waals surface area contributed by atoms with Crippen LogP contribution in [0.5, 0.6) is 0 Å². The number of rotatable bonds is 0. The Bertz CT molecular complexity index is 1110. The molecule has 0 radical (unpaired) electrons. The van der Waals surface area contributed by atoms with Crippen LogP contribution in [0.2, 0.25) is 0 Å². The third-order valence-corrected chi connectivity index (χ3v) is 6.20. The van der Waals surface area contributed by atoms with E-state index >= 15 is 0 Å². The summed E-state index contributed by atoms with van der Waals surface area (Å²) in [4.78, 5) is 0. The van der Waals surface area contributed by atoms with Crippen LogP contribution in [0.25, 0.3) is 32.3 Å². The van der Waals surface area contributed by atoms with Gasteiger partial charge < -0.3 is 9.47 Å². The van der Waals surface area contributed by atoms with Gasteiger partial charge in [-0.05, 0) is 66.7 Å². The van der Waals surface area contributed by atoms with E-state index in [9.17, 15) is 0 Å². The Hall–Kier alpha value is -2.16. The van der Waals surface area contributed by atoms with E-state index < -0.39 is 0 Å². The Morgan fingerprint density at radius 2 is 0.955 bits per heavy atom. The largest absolute Gasteiger partial charge is 0.359 e. The van der Waals surface area contributed by atoms with E-state index in [4.69, 9.17) is 9.47 Å². The van der Waals surface area contributed by atoms with E-state index in [1.54, 1.807) is 0 Å². The summed E-state index contributed by atoms with van der Waals surface area (Å²) in [6.45, 7) is 0. The van der Waals surface area contributed by atoms with Gasteiger partial charge in [0, 0.05) is 0 Å². The van der Waals surface area contributed by atoms with Crippen molar-refractivity contribution in [2.45, 2.75) is 24.4 Å². The molecule has 8 rings (SSSR count). The minimum Gasteiger partial charge on any atom is -0.359 e. The first-order chi connectivity index (χ1) is 10.9. The molecule has 0 spiro atoms. The molecule has 2 fully saturated rings. The van der Waals surface area contributed by atoms with Gasteiger partial charge in [0.25, 0.3) is 0 Å². The fraction of sp³-hybridized carbons (Fsp3) is 0.200. The Morgan fingerprint density at radius 3 is 1.45 bits per heavy atom. The second-order valence-corrected chi connectivity index (χ2v) is 7.14. The van der Waals surface area contributed by atoms with Crippen molar-refractivity contribution >= 4 is 32.3 Å². The summed E-state index contributed by atoms with van der Waals surface area (Å²) in [5, 5.41) is 8.59. The van der Waals surface area contributed by atoms with Gasteiger partial charge >= 0.3 is 0 Å². The normalized spacial score (nSPS) is 32.2. The molecule has 2 aliphatic carbocycles. The fourth-order valence-corrected chi connectivity index (χ4v) is 5.24. The third kappa shape index (κ3) is 0.794. The van der Waals surface area contributed by atoms with Crippen LogP contribution in [0.3, 0.4) is 0 Å². The molecule has 0 unspecified atom stereocenters. The van der Waals surface area contributed by atoms with Crippen LogP contribution in [-0.4, -0.2) is 0 Å². The van der Waals surface area contributed by atoms with Crippen LogP contribution >= 0.6 is 0 Å². The summed E-state index contributed by atoms with van der Waals surface area (Å²) < 4.78 is 11.7. The van der Waals surface area contributed by atoms with Gasteiger partial charge in [0.05, 0.1) is 0 Å². The van der Waals surface area contributed by atoms with Gasteiger partial charge in [-0.3, -0.25) is 0 Å². The van der Waals surface area contributed by atoms with Crippen molar-refractivity contribution in [1.82, 2.24) is 0 Å². The van der Waals surface area contributed by atoms with Gasteiger partial charge in [-0.1, -0.05) is 24.3 Å². The van der Waals surface area contributed by atoms with E-state index in [0.717, 1.165) is 0 Å². The molecule has 102 valence electrons. The fourth-order valence-electron chi connectivity index (χ4n) is 5.24. The molecule has 2 heterocycles. The maximum absolute atomic E-state index is 5.85. The first kappa shape index (κ1) is 9.78. The van der Waals surface area contributed by atoms with Crippen LogP contribution < -0.4 is 0 Å². The number of fused-ring (bicyclic) bond motifs is 6. The zero-order valence-corrected chi connectivity index (χ0v) is 11.6. The molecule has 2 saturated heterocycles. The lowest BCUT2D eigenvalue weighted by Crippen LogP contribution is -1.93. The van der Waals surface area contributed by atoms with Crippen molar-refractivity contribution in [2.75, 3.05) is 0 Å². The van der Waals surface area contributed by atoms with Gasteiger partial charge in [0.15, 0.2) is 0 Å². The van der Waals surface area contributed by atoms with Crippen LogP contribution in [0.1, 0.15) is 46.7 Å². The lowest BCUT2D eigenvalue weighted by atomic mass is 9.88. The van der Waals surface area contributed by atoms with Gasteiger partial charge in [0.1, 0.15) is 24.4 Å². The summed E-state index contributed by atoms with van der Waals surface area (Å²) in [5.41, 5.74) is 5.60. The molecule has 0 amide bonds. The lowest BCUT2D eigenvalue weighted by Gasteiger charge is -2.16. The smallest absolute Gasteiger partial charge is 0.114 e. The summed E-state index contributed by atoms with van der Waals surface area (Å²) in [6, 6.07) is 13.9. The maximum atomic E-state index is 5.85. The Labute approximate surface area is 125 Å². The van der Waals surface area contributed by atoms with Crippen molar-refractivity contribution in [2.24, 2.45) is 0 Å². The van der Waals surface area contributed by atoms with E-state index in [2.05, 4.69) is 36.4 Å². The number of hydrogen-bond donors (Lipinski definition) is 0. The predicted octanol–water partition coefficient (Wildman–Crippen LogP) is 4.84. The zero-order valence-electron chi connectivity index (χ0n) is 11.6. The number of ether oxygens (including phenoxy) is 2. The summed E-state index contributed by atoms with van der Waals surface area (Å²) >= 11 is 0. The molecule has 4 atom stereocenters. The Kier molecular flexibility index (Phi) is 1.16. The van der Waals surface area contributed by atoms with E-state index in [1.807, 2.05) is 0 Å². The first-order valence-electron chi connectivity index (χ1n) is 7.99. The van der Waals surface area contributed by atoms with Crippen molar-refractivity contribution in [3.63, 3.8) is 0 Å². The molecular weight excluding hydrogens is 272 g/mol. The van der Waals surface area contributed by atoms with Crippen molar-refractivity contribution in [3.05, 3.63) is 58.7 Å². The lowest BCUT2D eigenvalue weighted by molar-refractivity contribution is 0.374. The summed E-state index contributed by atoms with van der Waals surface area (Å²) in [5.74, 6) is 0. The molecule has 0 bridgehead atoms. The third-order valence-electron chi connectivity index (χ3n) is 6.20. The standard InChI is InChI=1S/C20H10O2/c1-3-9-15-12(20-17(9)21-20)6-8-2-4-10-16-11(19-18(10)22-19)5-7(1)13(15)14(8)16/h1-6,17-20H/t17-,18+,19-,20+. The predicted molar refractivity (Wildman–Crippen MR) is 83.3 cm³/mol. The number of benzene rings is 4. The molecule has 2 nitrogen and oxygen atoms in total. The molecular formula is C20H10O2. The van der Waals surface area contributed by atoms with Gasteiger partial charge in [-0.2, -0.15) is 0 Å². The Balaban J connectivity index is 1.78. The number of hydrogen-bond acceptors (Lipinski definition) is 2. The van der Waals surface area contributed by atoms with Crippen LogP contribution in [-0.2, 0) is 9.47 Å². The van der Waals surface area contributed by atoms with Crippen molar-refractivity contribution in [1.29, 1.82) is 0 Å². The highest BCUT2D eigenvalue weighted by molar-refractivity contribution is 6.27. The quantitative estimate of drug-likeness (QED) is 0.341. The van der Waals surface area contributed by atoms with Crippen LogP contribution in [0.15, 0.2) is 36.4 Å². The van der Waals surface area contributed by atoms with Crippen molar-refractivity contribution < 1.29 is 9.47 Å². The highest BCUT2D eigenvalue weighted by Crippen LogP contribution is 2.65. The first-order valence-corrected chi connectivity index (χ1v) is 7.99. The summed E-state index contributed by atoms with van der Waals surface area (Å²) in [7, 11) is 0. The molecule has 0 N–H and O–H groups in total. The molecule has 4 aromatic rings. The SMILES string of the molecule is c1cc2cc3c4c(ccc5cc6c(c1[C@H]1O[C@@H]61)c2c54)[C@@H]1O[C@H]31. The average molecular weight is 282 g/mol. The molecule has 4 aliphatic rings. The molecule has 2 heteroatoms. The molecule has 4 aromatic carbocycles.